The average Bonchev–Trinajstić information content (AvgIpc) is 2.74. The van der Waals surface area contributed by atoms with Crippen LogP contribution in [0.25, 0.3) is 0 Å². The monoisotopic (exact) mass is 405 g/mol. The highest BCUT2D eigenvalue weighted by Gasteiger charge is 2.25. The Morgan fingerprint density at radius 1 is 0.833 bits per heavy atom. The van der Waals surface area contributed by atoms with Gasteiger partial charge in [-0.1, -0.05) is 42.0 Å². The number of carbonyl (C=O) groups is 2. The van der Waals surface area contributed by atoms with E-state index >= 15 is 0 Å². The molecule has 150 valence electrons. The molecule has 0 saturated heterocycles. The van der Waals surface area contributed by atoms with E-state index in [9.17, 15) is 29.8 Å². The van der Waals surface area contributed by atoms with Crippen molar-refractivity contribution in [2.45, 2.75) is 6.92 Å². The zero-order valence-corrected chi connectivity index (χ0v) is 15.7. The van der Waals surface area contributed by atoms with E-state index in [1.165, 1.54) is 6.07 Å². The summed E-state index contributed by atoms with van der Waals surface area (Å²) >= 11 is 0. The minimum atomic E-state index is -0.868. The Labute approximate surface area is 170 Å². The summed E-state index contributed by atoms with van der Waals surface area (Å²) in [6.45, 7) is 1.79. The quantitative estimate of drug-likeness (QED) is 0.369. The van der Waals surface area contributed by atoms with E-state index < -0.39 is 27.1 Å². The van der Waals surface area contributed by atoms with E-state index in [0.29, 0.717) is 5.56 Å². The summed E-state index contributed by atoms with van der Waals surface area (Å²) in [5.74, 6) is -1.18. The van der Waals surface area contributed by atoms with Crippen molar-refractivity contribution >= 4 is 28.8 Å². The van der Waals surface area contributed by atoms with Gasteiger partial charge in [0.25, 0.3) is 17.3 Å². The smallest absolute Gasteiger partial charge is 0.289 e. The first-order valence-corrected chi connectivity index (χ1v) is 8.72. The van der Waals surface area contributed by atoms with Crippen molar-refractivity contribution in [3.63, 3.8) is 0 Å². The Hall–Kier alpha value is -4.40. The molecule has 0 aliphatic carbocycles. The molecule has 0 atom stereocenters. The number of aryl methyl sites for hydroxylation is 1. The molecule has 30 heavy (non-hydrogen) atoms. The van der Waals surface area contributed by atoms with Crippen LogP contribution in [0, 0.1) is 27.2 Å². The Balaban J connectivity index is 2.00. The highest BCUT2D eigenvalue weighted by Crippen LogP contribution is 2.27. The SMILES string of the molecule is Cc1ccc(NC(=O)c2ccc([N+](=O)[O-])cc2[N+](=O)[O-])c(C(=O)c2ccccc2)c1. The van der Waals surface area contributed by atoms with Crippen LogP contribution in [-0.2, 0) is 0 Å². The molecule has 9 heteroatoms. The number of nitrogens with one attached hydrogen (secondary N) is 1. The molecule has 0 aliphatic heterocycles. The van der Waals surface area contributed by atoms with Crippen molar-refractivity contribution in [1.82, 2.24) is 0 Å². The maximum absolute atomic E-state index is 12.9. The minimum absolute atomic E-state index is 0.173. The molecule has 0 aliphatic rings. The Morgan fingerprint density at radius 2 is 1.53 bits per heavy atom. The molecule has 0 radical (unpaired) electrons. The zero-order valence-electron chi connectivity index (χ0n) is 15.7. The summed E-state index contributed by atoms with van der Waals surface area (Å²) in [6.07, 6.45) is 0. The van der Waals surface area contributed by atoms with Crippen LogP contribution in [0.3, 0.4) is 0 Å². The van der Waals surface area contributed by atoms with Gasteiger partial charge in [0.15, 0.2) is 5.78 Å². The molecule has 0 heterocycles. The van der Waals surface area contributed by atoms with Crippen molar-refractivity contribution in [2.75, 3.05) is 5.32 Å². The number of hydrogen-bond donors (Lipinski definition) is 1. The number of rotatable bonds is 6. The standard InChI is InChI=1S/C21H15N3O6/c1-13-7-10-18(17(11-13)20(25)14-5-3-2-4-6-14)22-21(26)16-9-8-15(23(27)28)12-19(16)24(29)30/h2-12H,1H3,(H,22,26). The first-order valence-electron chi connectivity index (χ1n) is 8.72. The first-order chi connectivity index (χ1) is 14.3. The second-order valence-electron chi connectivity index (χ2n) is 6.41. The molecule has 0 spiro atoms. The number of ketones is 1. The fourth-order valence-electron chi connectivity index (χ4n) is 2.87. The third kappa shape index (κ3) is 4.20. The van der Waals surface area contributed by atoms with Crippen molar-refractivity contribution in [3.05, 3.63) is 109 Å². The third-order valence-electron chi connectivity index (χ3n) is 4.34. The summed E-state index contributed by atoms with van der Waals surface area (Å²) in [5.41, 5.74) is 0.0299. The number of amides is 1. The summed E-state index contributed by atoms with van der Waals surface area (Å²) in [6, 6.07) is 16.0. The van der Waals surface area contributed by atoms with Gasteiger partial charge in [-0.05, 0) is 25.1 Å². The lowest BCUT2D eigenvalue weighted by molar-refractivity contribution is -0.394. The normalized spacial score (nSPS) is 10.3. The molecule has 0 unspecified atom stereocenters. The molecule has 9 nitrogen and oxygen atoms in total. The number of anilines is 1. The number of nitrogens with zero attached hydrogens (tertiary/aromatic N) is 2. The van der Waals surface area contributed by atoms with Crippen molar-refractivity contribution in [1.29, 1.82) is 0 Å². The Bertz CT molecular complexity index is 1170. The van der Waals surface area contributed by atoms with Gasteiger partial charge >= 0.3 is 0 Å². The van der Waals surface area contributed by atoms with E-state index in [1.54, 1.807) is 49.4 Å². The summed E-state index contributed by atoms with van der Waals surface area (Å²) in [5, 5.41) is 24.7. The number of nitro groups is 2. The second kappa shape index (κ2) is 8.31. The molecule has 1 N–H and O–H groups in total. The molecule has 3 aromatic rings. The summed E-state index contributed by atoms with van der Waals surface area (Å²) in [4.78, 5) is 46.1. The molecule has 3 rings (SSSR count). The van der Waals surface area contributed by atoms with Crippen LogP contribution < -0.4 is 5.32 Å². The molecular weight excluding hydrogens is 390 g/mol. The molecule has 1 amide bonds. The lowest BCUT2D eigenvalue weighted by Crippen LogP contribution is -2.17. The van der Waals surface area contributed by atoms with E-state index in [2.05, 4.69) is 5.32 Å². The van der Waals surface area contributed by atoms with Crippen LogP contribution in [0.4, 0.5) is 17.1 Å². The molecule has 0 saturated carbocycles. The zero-order chi connectivity index (χ0) is 21.8. The Kier molecular flexibility index (Phi) is 5.63. The highest BCUT2D eigenvalue weighted by molar-refractivity contribution is 6.16. The van der Waals surface area contributed by atoms with Crippen LogP contribution in [-0.4, -0.2) is 21.5 Å². The molecular formula is C21H15N3O6. The van der Waals surface area contributed by atoms with Gasteiger partial charge in [0, 0.05) is 17.2 Å². The average molecular weight is 405 g/mol. The van der Waals surface area contributed by atoms with Crippen LogP contribution in [0.1, 0.15) is 31.8 Å². The number of non-ortho nitro benzene ring substituents is 1. The van der Waals surface area contributed by atoms with Crippen molar-refractivity contribution in [2.24, 2.45) is 0 Å². The predicted octanol–water partition coefficient (Wildman–Crippen LogP) is 4.29. The lowest BCUT2D eigenvalue weighted by atomic mass is 9.99. The minimum Gasteiger partial charge on any atom is -0.321 e. The van der Waals surface area contributed by atoms with Crippen LogP contribution in [0.2, 0.25) is 0 Å². The van der Waals surface area contributed by atoms with Gasteiger partial charge in [-0.15, -0.1) is 0 Å². The van der Waals surface area contributed by atoms with Gasteiger partial charge in [0.1, 0.15) is 5.56 Å². The van der Waals surface area contributed by atoms with Gasteiger partial charge in [-0.3, -0.25) is 29.8 Å². The first kappa shape index (κ1) is 20.3. The fourth-order valence-corrected chi connectivity index (χ4v) is 2.87. The number of carbonyl (C=O) groups excluding carboxylic acids is 2. The maximum Gasteiger partial charge on any atom is 0.289 e. The van der Waals surface area contributed by atoms with Crippen LogP contribution >= 0.6 is 0 Å². The van der Waals surface area contributed by atoms with Crippen LogP contribution in [0.15, 0.2) is 66.7 Å². The number of benzene rings is 3. The second-order valence-corrected chi connectivity index (χ2v) is 6.41. The lowest BCUT2D eigenvalue weighted by Gasteiger charge is -2.12. The van der Waals surface area contributed by atoms with E-state index in [1.807, 2.05) is 0 Å². The topological polar surface area (TPSA) is 132 Å². The molecule has 3 aromatic carbocycles. The van der Waals surface area contributed by atoms with Gasteiger partial charge in [-0.25, -0.2) is 0 Å². The maximum atomic E-state index is 12.9. The van der Waals surface area contributed by atoms with Crippen molar-refractivity contribution < 1.29 is 19.4 Å². The van der Waals surface area contributed by atoms with E-state index in [-0.39, 0.29) is 22.6 Å². The molecule has 0 bridgehead atoms. The predicted molar refractivity (Wildman–Crippen MR) is 109 cm³/mol. The van der Waals surface area contributed by atoms with E-state index in [4.69, 9.17) is 0 Å². The third-order valence-corrected chi connectivity index (χ3v) is 4.34. The van der Waals surface area contributed by atoms with Gasteiger partial charge in [0.2, 0.25) is 0 Å². The van der Waals surface area contributed by atoms with Crippen molar-refractivity contribution in [3.8, 4) is 0 Å². The largest absolute Gasteiger partial charge is 0.321 e. The fraction of sp³-hybridized carbons (Fsp3) is 0.0476. The van der Waals surface area contributed by atoms with Crippen LogP contribution in [0.5, 0.6) is 0 Å². The van der Waals surface area contributed by atoms with Gasteiger partial charge in [0.05, 0.1) is 21.6 Å². The summed E-state index contributed by atoms with van der Waals surface area (Å²) < 4.78 is 0. The summed E-state index contributed by atoms with van der Waals surface area (Å²) in [7, 11) is 0. The number of hydrogen-bond acceptors (Lipinski definition) is 6. The van der Waals surface area contributed by atoms with Gasteiger partial charge < -0.3 is 5.32 Å². The molecule has 0 fully saturated rings. The van der Waals surface area contributed by atoms with E-state index in [0.717, 1.165) is 23.8 Å². The number of nitro benzene ring substituents is 2. The highest BCUT2D eigenvalue weighted by atomic mass is 16.6. The van der Waals surface area contributed by atoms with Gasteiger partial charge in [-0.2, -0.15) is 0 Å². The Morgan fingerprint density at radius 3 is 2.17 bits per heavy atom. The molecule has 0 aromatic heterocycles.